The highest BCUT2D eigenvalue weighted by molar-refractivity contribution is 6.56. The summed E-state index contributed by atoms with van der Waals surface area (Å²) in [5.74, 6) is 1.80. The topological polar surface area (TPSA) is 9.23 Å². The van der Waals surface area contributed by atoms with Crippen molar-refractivity contribution in [1.82, 2.24) is 0 Å². The summed E-state index contributed by atoms with van der Waals surface area (Å²) < 4.78 is 6.36. The highest BCUT2D eigenvalue weighted by Gasteiger charge is 2.41. The van der Waals surface area contributed by atoms with E-state index >= 15 is 0 Å². The average Bonchev–Trinajstić information content (AvgIpc) is 2.26. The first-order valence-corrected chi connectivity index (χ1v) is 7.46. The Labute approximate surface area is 101 Å². The van der Waals surface area contributed by atoms with Crippen LogP contribution in [0.25, 0.3) is 0 Å². The molecule has 1 atom stereocenters. The summed E-state index contributed by atoms with van der Waals surface area (Å²) in [5, 5.41) is 0. The van der Waals surface area contributed by atoms with Crippen LogP contribution in [-0.2, 0) is 4.65 Å². The molecule has 0 aliphatic carbocycles. The standard InChI is InChI=1S/C14H27BO/c1-3-4-7-12(2)16-15-13-8-5-9-14(15)11-6-10-13/h12-14H,3-11H2,1-2H3. The Morgan fingerprint density at radius 2 is 1.69 bits per heavy atom. The summed E-state index contributed by atoms with van der Waals surface area (Å²) in [6.07, 6.45) is 13.0. The van der Waals surface area contributed by atoms with Gasteiger partial charge in [0.2, 0.25) is 0 Å². The molecule has 2 heterocycles. The van der Waals surface area contributed by atoms with Crippen LogP contribution in [0.1, 0.15) is 71.6 Å². The second-order valence-corrected chi connectivity index (χ2v) is 5.94. The molecule has 0 radical (unpaired) electrons. The molecule has 16 heavy (non-hydrogen) atoms. The fraction of sp³-hybridized carbons (Fsp3) is 1.00. The van der Waals surface area contributed by atoms with Crippen molar-refractivity contribution in [3.63, 3.8) is 0 Å². The van der Waals surface area contributed by atoms with E-state index in [-0.39, 0.29) is 0 Å². The molecule has 0 spiro atoms. The summed E-state index contributed by atoms with van der Waals surface area (Å²) in [6.45, 7) is 5.16. The van der Waals surface area contributed by atoms with Crippen LogP contribution in [0, 0.1) is 0 Å². The molecule has 0 aromatic carbocycles. The lowest BCUT2D eigenvalue weighted by Crippen LogP contribution is -2.39. The summed E-state index contributed by atoms with van der Waals surface area (Å²) in [5.41, 5.74) is 0. The van der Waals surface area contributed by atoms with Crippen LogP contribution in [0.5, 0.6) is 0 Å². The van der Waals surface area contributed by atoms with Crippen molar-refractivity contribution in [2.24, 2.45) is 0 Å². The zero-order valence-corrected chi connectivity index (χ0v) is 11.1. The molecule has 0 N–H and O–H groups in total. The molecule has 2 fully saturated rings. The van der Waals surface area contributed by atoms with Gasteiger partial charge in [-0.2, -0.15) is 0 Å². The van der Waals surface area contributed by atoms with Gasteiger partial charge < -0.3 is 4.65 Å². The highest BCUT2D eigenvalue weighted by Crippen LogP contribution is 2.47. The molecule has 2 aliphatic rings. The second kappa shape index (κ2) is 6.09. The van der Waals surface area contributed by atoms with E-state index < -0.39 is 0 Å². The van der Waals surface area contributed by atoms with Gasteiger partial charge >= 0.3 is 0 Å². The SMILES string of the molecule is CCCCC(C)OB1C2CCCC1CCC2. The minimum atomic E-state index is 0.492. The molecule has 1 nitrogen and oxygen atoms in total. The molecule has 1 unspecified atom stereocenters. The Hall–Kier alpha value is 0.0249. The average molecular weight is 222 g/mol. The number of rotatable bonds is 5. The van der Waals surface area contributed by atoms with E-state index in [1.165, 1.54) is 57.8 Å². The fourth-order valence-corrected chi connectivity index (χ4v) is 3.67. The number of hydrogen-bond donors (Lipinski definition) is 0. The largest absolute Gasteiger partial charge is 0.433 e. The fourth-order valence-electron chi connectivity index (χ4n) is 3.67. The zero-order valence-electron chi connectivity index (χ0n) is 11.1. The van der Waals surface area contributed by atoms with Gasteiger partial charge in [0.15, 0.2) is 0 Å². The maximum absolute atomic E-state index is 6.36. The van der Waals surface area contributed by atoms with Gasteiger partial charge in [0.1, 0.15) is 0 Å². The predicted molar refractivity (Wildman–Crippen MR) is 71.0 cm³/mol. The Balaban J connectivity index is 1.82. The number of fused-ring (bicyclic) bond motifs is 2. The Kier molecular flexibility index (Phi) is 4.75. The van der Waals surface area contributed by atoms with Crippen molar-refractivity contribution in [3.8, 4) is 0 Å². The van der Waals surface area contributed by atoms with Crippen molar-refractivity contribution < 1.29 is 4.65 Å². The van der Waals surface area contributed by atoms with E-state index in [0.717, 1.165) is 11.6 Å². The third-order valence-corrected chi connectivity index (χ3v) is 4.58. The van der Waals surface area contributed by atoms with Crippen LogP contribution < -0.4 is 0 Å². The van der Waals surface area contributed by atoms with E-state index in [1.54, 1.807) is 0 Å². The van der Waals surface area contributed by atoms with E-state index in [4.69, 9.17) is 4.65 Å². The van der Waals surface area contributed by atoms with Crippen LogP contribution in [0.2, 0.25) is 11.6 Å². The van der Waals surface area contributed by atoms with Crippen LogP contribution in [-0.4, -0.2) is 13.0 Å². The maximum Gasteiger partial charge on any atom is 0.299 e. The molecular weight excluding hydrogens is 195 g/mol. The third-order valence-electron chi connectivity index (χ3n) is 4.58. The molecular formula is C14H27BO. The van der Waals surface area contributed by atoms with E-state index in [0.29, 0.717) is 13.0 Å². The summed E-state index contributed by atoms with van der Waals surface area (Å²) in [7, 11) is 0. The third kappa shape index (κ3) is 3.03. The van der Waals surface area contributed by atoms with E-state index in [9.17, 15) is 0 Å². The maximum atomic E-state index is 6.36. The van der Waals surface area contributed by atoms with Gasteiger partial charge in [-0.05, 0) is 25.0 Å². The minimum absolute atomic E-state index is 0.492. The van der Waals surface area contributed by atoms with Crippen LogP contribution in [0.15, 0.2) is 0 Å². The monoisotopic (exact) mass is 222 g/mol. The Morgan fingerprint density at radius 1 is 1.12 bits per heavy atom. The number of hydrogen-bond acceptors (Lipinski definition) is 1. The van der Waals surface area contributed by atoms with Crippen LogP contribution in [0.3, 0.4) is 0 Å². The Morgan fingerprint density at radius 3 is 2.19 bits per heavy atom. The Bertz CT molecular complexity index is 185. The van der Waals surface area contributed by atoms with Crippen LogP contribution >= 0.6 is 0 Å². The highest BCUT2D eigenvalue weighted by atomic mass is 16.4. The quantitative estimate of drug-likeness (QED) is 0.613. The van der Waals surface area contributed by atoms with Crippen molar-refractivity contribution >= 4 is 6.92 Å². The molecule has 2 heteroatoms. The van der Waals surface area contributed by atoms with Gasteiger partial charge in [0.05, 0.1) is 0 Å². The molecule has 0 aromatic heterocycles. The zero-order chi connectivity index (χ0) is 11.4. The molecule has 0 saturated carbocycles. The van der Waals surface area contributed by atoms with Gasteiger partial charge in [0.25, 0.3) is 6.92 Å². The van der Waals surface area contributed by atoms with Crippen molar-refractivity contribution in [2.45, 2.75) is 89.4 Å². The first kappa shape index (κ1) is 12.5. The van der Waals surface area contributed by atoms with Crippen LogP contribution in [0.4, 0.5) is 0 Å². The normalized spacial score (nSPS) is 31.5. The first-order chi connectivity index (χ1) is 7.81. The molecule has 0 aromatic rings. The molecule has 92 valence electrons. The van der Waals surface area contributed by atoms with Gasteiger partial charge in [-0.3, -0.25) is 0 Å². The number of unbranched alkanes of at least 4 members (excludes halogenated alkanes) is 1. The summed E-state index contributed by atoms with van der Waals surface area (Å²) in [4.78, 5) is 0. The van der Waals surface area contributed by atoms with E-state index in [1.807, 2.05) is 0 Å². The lowest BCUT2D eigenvalue weighted by atomic mass is 9.38. The molecule has 2 aliphatic heterocycles. The molecule has 2 rings (SSSR count). The lowest BCUT2D eigenvalue weighted by molar-refractivity contribution is 0.181. The summed E-state index contributed by atoms with van der Waals surface area (Å²) >= 11 is 0. The molecule has 2 saturated heterocycles. The second-order valence-electron chi connectivity index (χ2n) is 5.94. The van der Waals surface area contributed by atoms with Crippen molar-refractivity contribution in [2.75, 3.05) is 0 Å². The predicted octanol–water partition coefficient (Wildman–Crippen LogP) is 4.68. The van der Waals surface area contributed by atoms with Gasteiger partial charge in [-0.1, -0.05) is 58.3 Å². The smallest absolute Gasteiger partial charge is 0.299 e. The van der Waals surface area contributed by atoms with Gasteiger partial charge in [0, 0.05) is 6.10 Å². The van der Waals surface area contributed by atoms with Gasteiger partial charge in [-0.25, -0.2) is 0 Å². The summed E-state index contributed by atoms with van der Waals surface area (Å²) in [6, 6.07) is 0. The first-order valence-electron chi connectivity index (χ1n) is 7.46. The van der Waals surface area contributed by atoms with Gasteiger partial charge in [-0.15, -0.1) is 0 Å². The molecule has 2 bridgehead atoms. The van der Waals surface area contributed by atoms with Crippen molar-refractivity contribution in [1.29, 1.82) is 0 Å². The lowest BCUT2D eigenvalue weighted by Gasteiger charge is -2.40. The van der Waals surface area contributed by atoms with Crippen molar-refractivity contribution in [3.05, 3.63) is 0 Å². The van der Waals surface area contributed by atoms with E-state index in [2.05, 4.69) is 13.8 Å². The minimum Gasteiger partial charge on any atom is -0.433 e. The molecule has 0 amide bonds.